The van der Waals surface area contributed by atoms with Gasteiger partial charge < -0.3 is 9.47 Å². The maximum atomic E-state index is 10.7. The molecule has 3 nitrogen and oxygen atoms in total. The number of ether oxygens (including phenoxy) is 2. The van der Waals surface area contributed by atoms with E-state index in [1.165, 1.54) is 0 Å². The lowest BCUT2D eigenvalue weighted by Crippen LogP contribution is -2.13. The van der Waals surface area contributed by atoms with Crippen LogP contribution in [0.15, 0.2) is 25.3 Å². The summed E-state index contributed by atoms with van der Waals surface area (Å²) in [5, 5.41) is 0. The Labute approximate surface area is 91.8 Å². The predicted molar refractivity (Wildman–Crippen MR) is 60.6 cm³/mol. The first-order valence-electron chi connectivity index (χ1n) is 5.22. The highest BCUT2D eigenvalue weighted by Gasteiger charge is 2.03. The SMILES string of the molecule is C=CCCCOC(C)CCOC(=O)C=C. The van der Waals surface area contributed by atoms with Gasteiger partial charge in [-0.05, 0) is 19.8 Å². The van der Waals surface area contributed by atoms with Crippen LogP contribution in [-0.4, -0.2) is 25.3 Å². The fraction of sp³-hybridized carbons (Fsp3) is 0.583. The second kappa shape index (κ2) is 9.46. The average molecular weight is 212 g/mol. The van der Waals surface area contributed by atoms with E-state index in [1.807, 2.05) is 13.0 Å². The predicted octanol–water partition coefficient (Wildman–Crippen LogP) is 2.48. The van der Waals surface area contributed by atoms with Crippen LogP contribution in [0.25, 0.3) is 0 Å². The van der Waals surface area contributed by atoms with Gasteiger partial charge in [0.15, 0.2) is 0 Å². The van der Waals surface area contributed by atoms with Crippen LogP contribution < -0.4 is 0 Å². The molecule has 0 saturated heterocycles. The van der Waals surface area contributed by atoms with Gasteiger partial charge in [0, 0.05) is 19.1 Å². The third kappa shape index (κ3) is 9.22. The van der Waals surface area contributed by atoms with Gasteiger partial charge in [0.2, 0.25) is 0 Å². The van der Waals surface area contributed by atoms with Crippen LogP contribution in [-0.2, 0) is 14.3 Å². The lowest BCUT2D eigenvalue weighted by atomic mass is 10.3. The number of hydrogen-bond donors (Lipinski definition) is 0. The van der Waals surface area contributed by atoms with Crippen molar-refractivity contribution in [2.75, 3.05) is 13.2 Å². The molecule has 0 fully saturated rings. The number of unbranched alkanes of at least 4 members (excludes halogenated alkanes) is 1. The van der Waals surface area contributed by atoms with E-state index in [2.05, 4.69) is 13.2 Å². The van der Waals surface area contributed by atoms with Gasteiger partial charge in [-0.2, -0.15) is 0 Å². The number of esters is 1. The second-order valence-corrected chi connectivity index (χ2v) is 3.27. The third-order valence-electron chi connectivity index (χ3n) is 1.89. The minimum absolute atomic E-state index is 0.118. The van der Waals surface area contributed by atoms with E-state index in [1.54, 1.807) is 0 Å². The number of carbonyl (C=O) groups is 1. The van der Waals surface area contributed by atoms with Crippen LogP contribution in [0.1, 0.15) is 26.2 Å². The normalized spacial score (nSPS) is 11.8. The van der Waals surface area contributed by atoms with Crippen LogP contribution in [0.4, 0.5) is 0 Å². The second-order valence-electron chi connectivity index (χ2n) is 3.27. The highest BCUT2D eigenvalue weighted by Crippen LogP contribution is 2.00. The van der Waals surface area contributed by atoms with Crippen molar-refractivity contribution in [3.8, 4) is 0 Å². The van der Waals surface area contributed by atoms with E-state index in [0.717, 1.165) is 25.5 Å². The van der Waals surface area contributed by atoms with Crippen LogP contribution >= 0.6 is 0 Å². The number of allylic oxidation sites excluding steroid dienone is 1. The summed E-state index contributed by atoms with van der Waals surface area (Å²) >= 11 is 0. The van der Waals surface area contributed by atoms with Crippen molar-refractivity contribution < 1.29 is 14.3 Å². The molecule has 0 aliphatic carbocycles. The molecule has 0 aliphatic heterocycles. The zero-order chi connectivity index (χ0) is 11.5. The van der Waals surface area contributed by atoms with E-state index in [-0.39, 0.29) is 12.1 Å². The maximum Gasteiger partial charge on any atom is 0.330 e. The number of carbonyl (C=O) groups excluding carboxylic acids is 1. The van der Waals surface area contributed by atoms with E-state index in [4.69, 9.17) is 9.47 Å². The quantitative estimate of drug-likeness (QED) is 0.255. The molecule has 0 aromatic heterocycles. The van der Waals surface area contributed by atoms with Gasteiger partial charge in [0.1, 0.15) is 0 Å². The Morgan fingerprint density at radius 1 is 1.40 bits per heavy atom. The summed E-state index contributed by atoms with van der Waals surface area (Å²) in [7, 11) is 0. The fourth-order valence-corrected chi connectivity index (χ4v) is 0.980. The van der Waals surface area contributed by atoms with Crippen molar-refractivity contribution in [2.45, 2.75) is 32.3 Å². The molecule has 15 heavy (non-hydrogen) atoms. The lowest BCUT2D eigenvalue weighted by molar-refractivity contribution is -0.138. The molecule has 0 amide bonds. The molecule has 3 heteroatoms. The first-order valence-corrected chi connectivity index (χ1v) is 5.22. The molecule has 0 rings (SSSR count). The molecular formula is C12H20O3. The molecule has 1 atom stereocenters. The highest BCUT2D eigenvalue weighted by atomic mass is 16.5. The molecule has 0 aromatic rings. The molecule has 1 unspecified atom stereocenters. The Morgan fingerprint density at radius 3 is 2.73 bits per heavy atom. The van der Waals surface area contributed by atoms with Crippen LogP contribution in [0.3, 0.4) is 0 Å². The van der Waals surface area contributed by atoms with Crippen molar-refractivity contribution in [3.05, 3.63) is 25.3 Å². The van der Waals surface area contributed by atoms with Crippen LogP contribution in [0.5, 0.6) is 0 Å². The molecule has 0 bridgehead atoms. The van der Waals surface area contributed by atoms with E-state index in [0.29, 0.717) is 13.0 Å². The Balaban J connectivity index is 3.32. The smallest absolute Gasteiger partial charge is 0.330 e. The fourth-order valence-electron chi connectivity index (χ4n) is 0.980. The Bertz CT molecular complexity index is 199. The molecule has 0 aliphatic rings. The highest BCUT2D eigenvalue weighted by molar-refractivity contribution is 5.81. The van der Waals surface area contributed by atoms with Crippen LogP contribution in [0, 0.1) is 0 Å². The number of rotatable bonds is 9. The third-order valence-corrected chi connectivity index (χ3v) is 1.89. The zero-order valence-electron chi connectivity index (χ0n) is 9.41. The summed E-state index contributed by atoms with van der Waals surface area (Å²) in [5.41, 5.74) is 0. The average Bonchev–Trinajstić information content (AvgIpc) is 2.24. The Kier molecular flexibility index (Phi) is 8.78. The minimum atomic E-state index is -0.381. The molecular weight excluding hydrogens is 192 g/mol. The summed E-state index contributed by atoms with van der Waals surface area (Å²) in [6.07, 6.45) is 5.83. The van der Waals surface area contributed by atoms with Gasteiger partial charge in [-0.15, -0.1) is 6.58 Å². The Hall–Kier alpha value is -1.09. The van der Waals surface area contributed by atoms with Crippen LogP contribution in [0.2, 0.25) is 0 Å². The summed E-state index contributed by atoms with van der Waals surface area (Å²) in [5.74, 6) is -0.381. The van der Waals surface area contributed by atoms with Gasteiger partial charge in [0.05, 0.1) is 12.7 Å². The van der Waals surface area contributed by atoms with Gasteiger partial charge in [0.25, 0.3) is 0 Å². The standard InChI is InChI=1S/C12H20O3/c1-4-6-7-9-14-11(3)8-10-15-12(13)5-2/h4-5,11H,1-2,6-10H2,3H3. The molecule has 86 valence electrons. The lowest BCUT2D eigenvalue weighted by Gasteiger charge is -2.12. The Morgan fingerprint density at radius 2 is 2.13 bits per heavy atom. The largest absolute Gasteiger partial charge is 0.462 e. The molecule has 0 N–H and O–H groups in total. The first kappa shape index (κ1) is 13.9. The summed E-state index contributed by atoms with van der Waals surface area (Å²) < 4.78 is 10.3. The molecule has 0 spiro atoms. The summed E-state index contributed by atoms with van der Waals surface area (Å²) in [6, 6.07) is 0. The van der Waals surface area contributed by atoms with E-state index < -0.39 is 0 Å². The van der Waals surface area contributed by atoms with Crippen molar-refractivity contribution in [3.63, 3.8) is 0 Å². The van der Waals surface area contributed by atoms with Crippen molar-refractivity contribution >= 4 is 5.97 Å². The van der Waals surface area contributed by atoms with Gasteiger partial charge >= 0.3 is 5.97 Å². The van der Waals surface area contributed by atoms with Crippen molar-refractivity contribution in [1.29, 1.82) is 0 Å². The summed E-state index contributed by atoms with van der Waals surface area (Å²) in [6.45, 7) is 10.0. The van der Waals surface area contributed by atoms with Gasteiger partial charge in [-0.3, -0.25) is 0 Å². The van der Waals surface area contributed by atoms with E-state index >= 15 is 0 Å². The molecule has 0 radical (unpaired) electrons. The molecule has 0 heterocycles. The number of hydrogen-bond acceptors (Lipinski definition) is 3. The summed E-state index contributed by atoms with van der Waals surface area (Å²) in [4.78, 5) is 10.7. The van der Waals surface area contributed by atoms with Gasteiger partial charge in [-0.25, -0.2) is 4.79 Å². The maximum absolute atomic E-state index is 10.7. The first-order chi connectivity index (χ1) is 7.20. The van der Waals surface area contributed by atoms with E-state index in [9.17, 15) is 4.79 Å². The van der Waals surface area contributed by atoms with Crippen molar-refractivity contribution in [1.82, 2.24) is 0 Å². The van der Waals surface area contributed by atoms with Crippen molar-refractivity contribution in [2.24, 2.45) is 0 Å². The monoisotopic (exact) mass is 212 g/mol. The topological polar surface area (TPSA) is 35.5 Å². The van der Waals surface area contributed by atoms with Gasteiger partial charge in [-0.1, -0.05) is 12.7 Å². The molecule has 0 aromatic carbocycles. The zero-order valence-corrected chi connectivity index (χ0v) is 9.41. The molecule has 0 saturated carbocycles. The minimum Gasteiger partial charge on any atom is -0.462 e.